The number of ether oxygens (including phenoxy) is 1. The van der Waals surface area contributed by atoms with Crippen molar-refractivity contribution >= 4 is 11.9 Å². The first-order valence-corrected chi connectivity index (χ1v) is 10.8. The summed E-state index contributed by atoms with van der Waals surface area (Å²) in [5.41, 5.74) is 0.589. The molecule has 0 rings (SSSR count). The van der Waals surface area contributed by atoms with Crippen LogP contribution in [0.5, 0.6) is 0 Å². The van der Waals surface area contributed by atoms with Crippen LogP contribution >= 0.6 is 0 Å². The van der Waals surface area contributed by atoms with E-state index in [-0.39, 0.29) is 47.1 Å². The Morgan fingerprint density at radius 2 is 1.62 bits per heavy atom. The van der Waals surface area contributed by atoms with Crippen molar-refractivity contribution in [3.05, 3.63) is 23.8 Å². The molecule has 3 atom stereocenters. The first-order valence-electron chi connectivity index (χ1n) is 10.8. The summed E-state index contributed by atoms with van der Waals surface area (Å²) in [5.74, 6) is -0.157. The highest BCUT2D eigenvalue weighted by atomic mass is 16.5. The maximum Gasteiger partial charge on any atom is 0.333 e. The average molecular weight is 409 g/mol. The summed E-state index contributed by atoms with van der Waals surface area (Å²) >= 11 is 0. The Balaban J connectivity index is 5.71. The highest BCUT2D eigenvalue weighted by molar-refractivity contribution is 5.88. The smallest absolute Gasteiger partial charge is 0.333 e. The summed E-state index contributed by atoms with van der Waals surface area (Å²) in [6.45, 7) is 18.6. The lowest BCUT2D eigenvalue weighted by Crippen LogP contribution is -2.44. The van der Waals surface area contributed by atoms with Crippen molar-refractivity contribution in [2.75, 3.05) is 20.7 Å². The van der Waals surface area contributed by atoms with Crippen molar-refractivity contribution < 1.29 is 14.3 Å². The molecule has 0 spiro atoms. The Morgan fingerprint density at radius 1 is 1.07 bits per heavy atom. The van der Waals surface area contributed by atoms with Crippen LogP contribution in [0.2, 0.25) is 0 Å². The van der Waals surface area contributed by atoms with E-state index in [0.717, 1.165) is 0 Å². The highest BCUT2D eigenvalue weighted by Crippen LogP contribution is 2.24. The topological polar surface area (TPSA) is 58.6 Å². The number of carbonyl (C=O) groups excluding carboxylic acids is 2. The van der Waals surface area contributed by atoms with Crippen molar-refractivity contribution in [3.63, 3.8) is 0 Å². The third kappa shape index (κ3) is 8.73. The van der Waals surface area contributed by atoms with Gasteiger partial charge in [-0.1, -0.05) is 66.7 Å². The van der Waals surface area contributed by atoms with Crippen molar-refractivity contribution in [2.45, 2.75) is 74.4 Å². The number of hydrogen-bond acceptors (Lipinski definition) is 4. The van der Waals surface area contributed by atoms with Crippen LogP contribution in [0.25, 0.3) is 0 Å². The van der Waals surface area contributed by atoms with Gasteiger partial charge in [-0.3, -0.25) is 4.79 Å². The number of rotatable bonds is 10. The van der Waals surface area contributed by atoms with Crippen molar-refractivity contribution in [3.8, 4) is 0 Å². The molecule has 0 aromatic rings. The fraction of sp³-hybridized carbons (Fsp3) is 0.750. The van der Waals surface area contributed by atoms with Gasteiger partial charge in [0.25, 0.3) is 0 Å². The molecule has 0 radical (unpaired) electrons. The number of nitrogens with one attached hydrogen (secondary N) is 1. The van der Waals surface area contributed by atoms with E-state index in [1.165, 1.54) is 0 Å². The third-order valence-corrected chi connectivity index (χ3v) is 5.25. The molecule has 0 aliphatic rings. The molecule has 3 unspecified atom stereocenters. The van der Waals surface area contributed by atoms with E-state index in [1.54, 1.807) is 18.7 Å². The largest absolute Gasteiger partial charge is 0.463 e. The van der Waals surface area contributed by atoms with Crippen molar-refractivity contribution in [2.24, 2.45) is 23.2 Å². The molecule has 0 fully saturated rings. The van der Waals surface area contributed by atoms with E-state index in [4.69, 9.17) is 4.74 Å². The van der Waals surface area contributed by atoms with Crippen molar-refractivity contribution in [1.82, 2.24) is 10.2 Å². The molecule has 0 aliphatic heterocycles. The van der Waals surface area contributed by atoms with Crippen molar-refractivity contribution in [1.29, 1.82) is 0 Å². The zero-order chi connectivity index (χ0) is 22.9. The zero-order valence-electron chi connectivity index (χ0n) is 20.5. The predicted octanol–water partition coefficient (Wildman–Crippen LogP) is 4.44. The van der Waals surface area contributed by atoms with Gasteiger partial charge in [0.05, 0.1) is 18.6 Å². The lowest BCUT2D eigenvalue weighted by molar-refractivity contribution is -0.139. The van der Waals surface area contributed by atoms with E-state index in [9.17, 15) is 9.59 Å². The minimum atomic E-state index is -0.332. The number of hydrogen-bond donors (Lipinski definition) is 1. The summed E-state index contributed by atoms with van der Waals surface area (Å²) in [4.78, 5) is 27.2. The van der Waals surface area contributed by atoms with E-state index in [0.29, 0.717) is 12.2 Å². The lowest BCUT2D eigenvalue weighted by atomic mass is 9.84. The van der Waals surface area contributed by atoms with Gasteiger partial charge in [-0.25, -0.2) is 4.79 Å². The Hall–Kier alpha value is -1.62. The second kappa shape index (κ2) is 12.2. The van der Waals surface area contributed by atoms with Gasteiger partial charge >= 0.3 is 5.97 Å². The SMILES string of the molecule is CCOC(=O)/C(C)=C/C(C(C)C)N(C)C(=O)C(/C=C/C(NC)C(C)(C)C)C(C)C. The van der Waals surface area contributed by atoms with Gasteiger partial charge in [-0.05, 0) is 38.1 Å². The molecule has 1 N–H and O–H groups in total. The Kier molecular flexibility index (Phi) is 11.5. The standard InChI is InChI=1S/C24H44N2O3/c1-12-29-23(28)18(6)15-20(17(4)5)26(11)22(27)19(16(2)3)13-14-21(25-10)24(7,8)9/h13-17,19-21,25H,12H2,1-11H3/b14-13+,18-15+. The maximum absolute atomic E-state index is 13.4. The summed E-state index contributed by atoms with van der Waals surface area (Å²) < 4.78 is 5.09. The number of esters is 1. The minimum Gasteiger partial charge on any atom is -0.463 e. The molecular formula is C24H44N2O3. The fourth-order valence-corrected chi connectivity index (χ4v) is 3.34. The predicted molar refractivity (Wildman–Crippen MR) is 122 cm³/mol. The molecular weight excluding hydrogens is 364 g/mol. The van der Waals surface area contributed by atoms with Crippen LogP contribution in [0.4, 0.5) is 0 Å². The molecule has 0 saturated carbocycles. The van der Waals surface area contributed by atoms with Gasteiger partial charge in [-0.2, -0.15) is 0 Å². The summed E-state index contributed by atoms with van der Waals surface area (Å²) in [5, 5.41) is 3.32. The lowest BCUT2D eigenvalue weighted by Gasteiger charge is -2.33. The molecule has 1 amide bonds. The van der Waals surface area contributed by atoms with Gasteiger partial charge in [-0.15, -0.1) is 0 Å². The first kappa shape index (κ1) is 27.4. The average Bonchev–Trinajstić information content (AvgIpc) is 2.60. The molecule has 0 aromatic heterocycles. The van der Waals surface area contributed by atoms with E-state index >= 15 is 0 Å². The van der Waals surface area contributed by atoms with Crippen LogP contribution in [0, 0.1) is 23.2 Å². The number of nitrogens with zero attached hydrogens (tertiary/aromatic N) is 1. The molecule has 0 aliphatic carbocycles. The van der Waals surface area contributed by atoms with Gasteiger partial charge in [0, 0.05) is 18.7 Å². The number of amides is 1. The summed E-state index contributed by atoms with van der Waals surface area (Å²) in [6.07, 6.45) is 6.00. The zero-order valence-corrected chi connectivity index (χ0v) is 20.5. The normalized spacial score (nSPS) is 16.2. The second-order valence-electron chi connectivity index (χ2n) is 9.54. The number of likely N-dealkylation sites (N-methyl/N-ethyl adjacent to an activating group) is 2. The van der Waals surface area contributed by atoms with Crippen LogP contribution in [0.3, 0.4) is 0 Å². The first-order chi connectivity index (χ1) is 13.3. The Morgan fingerprint density at radius 3 is 2.00 bits per heavy atom. The monoisotopic (exact) mass is 408 g/mol. The van der Waals surface area contributed by atoms with Gasteiger partial charge in [0.2, 0.25) is 5.91 Å². The molecule has 5 nitrogen and oxygen atoms in total. The van der Waals surface area contributed by atoms with E-state index < -0.39 is 0 Å². The second-order valence-corrected chi connectivity index (χ2v) is 9.54. The van der Waals surface area contributed by atoms with Crippen LogP contribution in [0.15, 0.2) is 23.8 Å². The van der Waals surface area contributed by atoms with Crippen LogP contribution < -0.4 is 5.32 Å². The summed E-state index contributed by atoms with van der Waals surface area (Å²) in [6, 6.07) is -0.00187. The quantitative estimate of drug-likeness (QED) is 0.330. The maximum atomic E-state index is 13.4. The van der Waals surface area contributed by atoms with E-state index in [2.05, 4.69) is 59.9 Å². The molecule has 0 aromatic carbocycles. The highest BCUT2D eigenvalue weighted by Gasteiger charge is 2.29. The molecule has 5 heteroatoms. The molecule has 0 heterocycles. The van der Waals surface area contributed by atoms with E-state index in [1.807, 2.05) is 26.2 Å². The summed E-state index contributed by atoms with van der Waals surface area (Å²) in [7, 11) is 3.76. The minimum absolute atomic E-state index is 0.0572. The van der Waals surface area contributed by atoms with Gasteiger partial charge in [0.1, 0.15) is 0 Å². The Bertz CT molecular complexity index is 585. The van der Waals surface area contributed by atoms with Gasteiger partial charge in [0.15, 0.2) is 0 Å². The third-order valence-electron chi connectivity index (χ3n) is 5.25. The van der Waals surface area contributed by atoms with Crippen LogP contribution in [-0.4, -0.2) is 49.6 Å². The van der Waals surface area contributed by atoms with Crippen LogP contribution in [0.1, 0.15) is 62.3 Å². The van der Waals surface area contributed by atoms with Crippen LogP contribution in [-0.2, 0) is 14.3 Å². The Labute approximate surface area is 178 Å². The van der Waals surface area contributed by atoms with Gasteiger partial charge < -0.3 is 15.0 Å². The number of carbonyl (C=O) groups is 2. The fourth-order valence-electron chi connectivity index (χ4n) is 3.34. The molecule has 168 valence electrons. The molecule has 0 saturated heterocycles. The molecule has 0 bridgehead atoms. The molecule has 29 heavy (non-hydrogen) atoms.